The molecule has 3 fully saturated rings. The molecule has 0 unspecified atom stereocenters. The van der Waals surface area contributed by atoms with Crippen molar-refractivity contribution in [2.45, 2.75) is 105 Å². The smallest absolute Gasteiger partial charge is 0.310 e. The van der Waals surface area contributed by atoms with Crippen LogP contribution in [0.1, 0.15) is 99.8 Å². The summed E-state index contributed by atoms with van der Waals surface area (Å²) < 4.78 is 0. The fourth-order valence-electron chi connectivity index (χ4n) is 10.1. The molecule has 4 aliphatic carbocycles. The Kier molecular flexibility index (Phi) is 6.31. The molecule has 0 aliphatic heterocycles. The number of hydrogen-bond acceptors (Lipinski definition) is 4. The zero-order valence-electron chi connectivity index (χ0n) is 23.6. The molecule has 37 heavy (non-hydrogen) atoms. The lowest BCUT2D eigenvalue weighted by Crippen LogP contribution is -2.67. The number of aliphatic carboxylic acids is 3. The van der Waals surface area contributed by atoms with E-state index in [9.17, 15) is 34.8 Å². The topological polar surface area (TPSA) is 132 Å². The van der Waals surface area contributed by atoms with Crippen molar-refractivity contribution in [1.29, 1.82) is 0 Å². The van der Waals surface area contributed by atoms with Crippen LogP contribution in [0, 0.1) is 50.7 Å². The highest BCUT2D eigenvalue weighted by molar-refractivity contribution is 5.77. The van der Waals surface area contributed by atoms with E-state index in [1.54, 1.807) is 20.8 Å². The van der Waals surface area contributed by atoms with Gasteiger partial charge in [0.25, 0.3) is 0 Å². The van der Waals surface area contributed by atoms with Crippen molar-refractivity contribution in [2.75, 3.05) is 0 Å². The standard InChI is InChI=1S/C30H46O7/c1-17-10-13-30(24(35)36)15-14-27(5)18(22(30)29(17,7)37)8-9-20-26(4,16-21(31)32)19(11-12-28(20,27)6)25(2,3)23(33)34/h8,17,19-20,22,37H,9-16H2,1-7H3,(H,31,32)(H,33,34)(H,35,36)/t17-,19+,20+,22-,26+,27-,28-,29-,30+/m1/s1. The first-order valence-corrected chi connectivity index (χ1v) is 13.9. The fraction of sp³-hybridized carbons (Fsp3) is 0.833. The number of hydrogen-bond donors (Lipinski definition) is 4. The first kappa shape index (κ1) is 28.1. The van der Waals surface area contributed by atoms with E-state index in [2.05, 4.69) is 19.9 Å². The van der Waals surface area contributed by atoms with Gasteiger partial charge in [-0.3, -0.25) is 14.4 Å². The van der Waals surface area contributed by atoms with Gasteiger partial charge in [0.05, 0.1) is 22.9 Å². The van der Waals surface area contributed by atoms with E-state index in [0.29, 0.717) is 38.5 Å². The van der Waals surface area contributed by atoms with Gasteiger partial charge in [0.15, 0.2) is 0 Å². The number of carboxylic acid groups (broad SMARTS) is 3. The minimum absolute atomic E-state index is 0.0388. The highest BCUT2D eigenvalue weighted by atomic mass is 16.4. The molecule has 9 atom stereocenters. The molecule has 0 bridgehead atoms. The van der Waals surface area contributed by atoms with E-state index in [1.807, 2.05) is 13.8 Å². The lowest BCUT2D eigenvalue weighted by Gasteiger charge is -2.70. The molecule has 7 heteroatoms. The Hall–Kier alpha value is -1.89. The van der Waals surface area contributed by atoms with E-state index in [-0.39, 0.29) is 29.6 Å². The third-order valence-electron chi connectivity index (χ3n) is 12.7. The molecule has 0 aromatic carbocycles. The van der Waals surface area contributed by atoms with Crippen LogP contribution >= 0.6 is 0 Å². The first-order chi connectivity index (χ1) is 16.8. The summed E-state index contributed by atoms with van der Waals surface area (Å²) in [5.41, 5.74) is -3.74. The van der Waals surface area contributed by atoms with Crippen LogP contribution in [-0.4, -0.2) is 43.9 Å². The molecule has 7 nitrogen and oxygen atoms in total. The lowest BCUT2D eigenvalue weighted by molar-refractivity contribution is -0.206. The van der Waals surface area contributed by atoms with Crippen LogP contribution in [0.2, 0.25) is 0 Å². The SMILES string of the molecule is C[C@@H]1CC[C@]2(C(=O)O)CC[C@]3(C)C(=CC[C@H]4[C@@](C)(CC(=O)O)[C@H](C(C)(C)C(=O)O)CC[C@]43C)[C@@H]2[C@]1(C)O. The molecule has 4 N–H and O–H groups in total. The van der Waals surface area contributed by atoms with Crippen molar-refractivity contribution < 1.29 is 34.8 Å². The molecule has 4 aliphatic rings. The number of aliphatic hydroxyl groups is 1. The molecule has 4 rings (SSSR count). The van der Waals surface area contributed by atoms with Gasteiger partial charge in [-0.1, -0.05) is 39.3 Å². The van der Waals surface area contributed by atoms with Crippen molar-refractivity contribution in [3.8, 4) is 0 Å². The van der Waals surface area contributed by atoms with Gasteiger partial charge in [-0.2, -0.15) is 0 Å². The Labute approximate surface area is 220 Å². The zero-order valence-corrected chi connectivity index (χ0v) is 23.6. The number of fused-ring (bicyclic) bond motifs is 5. The molecule has 0 spiro atoms. The molecule has 208 valence electrons. The Bertz CT molecular complexity index is 1040. The van der Waals surface area contributed by atoms with Crippen LogP contribution in [-0.2, 0) is 14.4 Å². The molecule has 3 saturated carbocycles. The highest BCUT2D eigenvalue weighted by Crippen LogP contribution is 2.75. The average molecular weight is 519 g/mol. The summed E-state index contributed by atoms with van der Waals surface area (Å²) >= 11 is 0. The van der Waals surface area contributed by atoms with Gasteiger partial charge in [0.1, 0.15) is 0 Å². The second kappa shape index (κ2) is 8.30. The molecule has 0 heterocycles. The molecular weight excluding hydrogens is 472 g/mol. The third-order valence-corrected chi connectivity index (χ3v) is 12.7. The largest absolute Gasteiger partial charge is 0.481 e. The minimum Gasteiger partial charge on any atom is -0.481 e. The van der Waals surface area contributed by atoms with Crippen LogP contribution < -0.4 is 0 Å². The van der Waals surface area contributed by atoms with Gasteiger partial charge in [-0.25, -0.2) is 0 Å². The number of carboxylic acids is 3. The molecule has 0 radical (unpaired) electrons. The number of rotatable bonds is 5. The third kappa shape index (κ3) is 3.51. The van der Waals surface area contributed by atoms with E-state index in [0.717, 1.165) is 12.0 Å². The molecule has 0 saturated heterocycles. The normalized spacial score (nSPS) is 47.6. The van der Waals surface area contributed by atoms with E-state index in [4.69, 9.17) is 0 Å². The summed E-state index contributed by atoms with van der Waals surface area (Å²) in [6.45, 7) is 13.7. The van der Waals surface area contributed by atoms with Gasteiger partial charge in [-0.15, -0.1) is 0 Å². The summed E-state index contributed by atoms with van der Waals surface area (Å²) in [4.78, 5) is 37.4. The van der Waals surface area contributed by atoms with Gasteiger partial charge in [-0.05, 0) is 99.7 Å². The fourth-order valence-corrected chi connectivity index (χ4v) is 10.1. The van der Waals surface area contributed by atoms with Gasteiger partial charge >= 0.3 is 17.9 Å². The quantitative estimate of drug-likeness (QED) is 0.348. The Morgan fingerprint density at radius 2 is 1.59 bits per heavy atom. The van der Waals surface area contributed by atoms with E-state index < -0.39 is 51.1 Å². The Balaban J connectivity index is 1.90. The number of allylic oxidation sites excluding steroid dienone is 1. The van der Waals surface area contributed by atoms with Crippen LogP contribution in [0.4, 0.5) is 0 Å². The second-order valence-electron chi connectivity index (χ2n) is 14.5. The summed E-state index contributed by atoms with van der Waals surface area (Å²) in [7, 11) is 0. The van der Waals surface area contributed by atoms with Crippen LogP contribution in [0.25, 0.3) is 0 Å². The zero-order chi connectivity index (χ0) is 28.0. The van der Waals surface area contributed by atoms with Gasteiger partial charge in [0.2, 0.25) is 0 Å². The maximum Gasteiger partial charge on any atom is 0.310 e. The van der Waals surface area contributed by atoms with Gasteiger partial charge < -0.3 is 20.4 Å². The predicted molar refractivity (Wildman–Crippen MR) is 139 cm³/mol. The lowest BCUT2D eigenvalue weighted by atomic mass is 9.34. The van der Waals surface area contributed by atoms with Crippen molar-refractivity contribution in [2.24, 2.45) is 50.7 Å². The minimum atomic E-state index is -1.17. The van der Waals surface area contributed by atoms with Gasteiger partial charge in [0, 0.05) is 5.92 Å². The second-order valence-corrected chi connectivity index (χ2v) is 14.5. The van der Waals surface area contributed by atoms with Crippen molar-refractivity contribution in [3.05, 3.63) is 11.6 Å². The molecule has 0 amide bonds. The highest BCUT2D eigenvalue weighted by Gasteiger charge is 2.71. The molecule has 0 aromatic heterocycles. The van der Waals surface area contributed by atoms with Crippen molar-refractivity contribution in [1.82, 2.24) is 0 Å². The van der Waals surface area contributed by atoms with Crippen LogP contribution in [0.3, 0.4) is 0 Å². The molecular formula is C30H46O7. The summed E-state index contributed by atoms with van der Waals surface area (Å²) in [5.74, 6) is -3.60. The summed E-state index contributed by atoms with van der Waals surface area (Å²) in [6, 6.07) is 0. The Morgan fingerprint density at radius 1 is 0.973 bits per heavy atom. The van der Waals surface area contributed by atoms with E-state index >= 15 is 0 Å². The average Bonchev–Trinajstić information content (AvgIpc) is 2.76. The predicted octanol–water partition coefficient (Wildman–Crippen LogP) is 5.61. The van der Waals surface area contributed by atoms with Crippen LogP contribution in [0.5, 0.6) is 0 Å². The summed E-state index contributed by atoms with van der Waals surface area (Å²) in [5, 5.41) is 42.5. The summed E-state index contributed by atoms with van der Waals surface area (Å²) in [6.07, 6.45) is 6.29. The van der Waals surface area contributed by atoms with Crippen molar-refractivity contribution in [3.63, 3.8) is 0 Å². The monoisotopic (exact) mass is 518 g/mol. The maximum absolute atomic E-state index is 12.8. The first-order valence-electron chi connectivity index (χ1n) is 13.9. The van der Waals surface area contributed by atoms with E-state index in [1.165, 1.54) is 0 Å². The molecule has 0 aromatic rings. The van der Waals surface area contributed by atoms with Crippen LogP contribution in [0.15, 0.2) is 11.6 Å². The van der Waals surface area contributed by atoms with Crippen molar-refractivity contribution >= 4 is 17.9 Å². The Morgan fingerprint density at radius 3 is 2.14 bits per heavy atom. The number of carbonyl (C=O) groups is 3. The maximum atomic E-state index is 12.8.